The molecule has 21 heavy (non-hydrogen) atoms. The second kappa shape index (κ2) is 6.55. The summed E-state index contributed by atoms with van der Waals surface area (Å²) in [5, 5.41) is 0. The number of halogens is 2. The quantitative estimate of drug-likeness (QED) is 0.759. The minimum absolute atomic E-state index is 0. The number of benzene rings is 1. The van der Waals surface area contributed by atoms with Gasteiger partial charge in [-0.25, -0.2) is 0 Å². The van der Waals surface area contributed by atoms with Gasteiger partial charge in [0.1, 0.15) is 0 Å². The van der Waals surface area contributed by atoms with Crippen LogP contribution in [0.3, 0.4) is 0 Å². The monoisotopic (exact) mass is 358 g/mol. The molecule has 0 saturated carbocycles. The summed E-state index contributed by atoms with van der Waals surface area (Å²) in [6.45, 7) is 4.50. The molecule has 2 aromatic rings. The summed E-state index contributed by atoms with van der Waals surface area (Å²) >= 11 is 3.42. The predicted octanol–water partition coefficient (Wildman–Crippen LogP) is 4.67. The zero-order valence-electron chi connectivity index (χ0n) is 11.9. The molecule has 0 bridgehead atoms. The number of hydrogen-bond donors (Lipinski definition) is 0. The fourth-order valence-corrected chi connectivity index (χ4v) is 3.31. The molecule has 1 atom stereocenters. The van der Waals surface area contributed by atoms with E-state index in [1.165, 1.54) is 11.1 Å². The Kier molecular flexibility index (Phi) is 5.70. The fraction of sp³-hybridized carbons (Fsp3) is 0.235. The third-order valence-corrected chi connectivity index (χ3v) is 5.45. The summed E-state index contributed by atoms with van der Waals surface area (Å²) in [7, 11) is 0. The first-order chi connectivity index (χ1) is 9.06. The van der Waals surface area contributed by atoms with Crippen LogP contribution in [-0.4, -0.2) is 4.98 Å². The maximum atomic E-state index is 4.56. The molecule has 0 saturated heterocycles. The van der Waals surface area contributed by atoms with Gasteiger partial charge in [-0.3, -0.25) is 0 Å². The molecular weight excluding hydrogens is 341 g/mol. The standard InChI is InChI=1S/C17H16N.2ClH.Cr/c1-17(2,16-9-5-6-12-18-16)15-11-10-13-7-3-4-8-14(13)15;;;/h3-12H,1-2H3;2*1H;. The Morgan fingerprint density at radius 3 is 2.33 bits per heavy atom. The number of aromatic nitrogens is 1. The van der Waals surface area contributed by atoms with Crippen molar-refractivity contribution in [2.45, 2.75) is 23.5 Å². The molecule has 0 radical (unpaired) electrons. The molecule has 0 fully saturated rings. The number of pyridine rings is 1. The molecule has 1 aromatic carbocycles. The van der Waals surface area contributed by atoms with E-state index >= 15 is 0 Å². The van der Waals surface area contributed by atoms with Gasteiger partial charge in [0, 0.05) is 0 Å². The first-order valence-corrected chi connectivity index (χ1v) is 7.10. The maximum absolute atomic E-state index is 4.56. The normalized spacial score (nSPS) is 19.3. The summed E-state index contributed by atoms with van der Waals surface area (Å²) in [4.78, 5) is 4.56. The van der Waals surface area contributed by atoms with Gasteiger partial charge in [0.15, 0.2) is 0 Å². The van der Waals surface area contributed by atoms with Crippen molar-refractivity contribution in [2.75, 3.05) is 0 Å². The van der Waals surface area contributed by atoms with Crippen molar-refractivity contribution < 1.29 is 16.3 Å². The minimum Gasteiger partial charge on any atom is -0.147 e. The van der Waals surface area contributed by atoms with Crippen molar-refractivity contribution in [2.24, 2.45) is 0 Å². The van der Waals surface area contributed by atoms with Crippen molar-refractivity contribution in [1.29, 1.82) is 0 Å². The Hall–Kier alpha value is -0.778. The first kappa shape index (κ1) is 18.3. The van der Waals surface area contributed by atoms with Crippen molar-refractivity contribution in [1.82, 2.24) is 4.98 Å². The van der Waals surface area contributed by atoms with Crippen LogP contribution in [0, 0.1) is 0 Å². The number of nitrogens with zero attached hydrogens (tertiary/aromatic N) is 1. The van der Waals surface area contributed by atoms with Gasteiger partial charge < -0.3 is 0 Å². The number of allylic oxidation sites excluding steroid dienone is 1. The van der Waals surface area contributed by atoms with Crippen molar-refractivity contribution in [3.05, 3.63) is 71.6 Å². The Morgan fingerprint density at radius 2 is 1.67 bits per heavy atom. The smallest absolute Gasteiger partial charge is 0.147 e. The van der Waals surface area contributed by atoms with E-state index in [1.54, 1.807) is 0 Å². The zero-order valence-corrected chi connectivity index (χ0v) is 14.9. The van der Waals surface area contributed by atoms with Gasteiger partial charge in [0.2, 0.25) is 0 Å². The van der Waals surface area contributed by atoms with E-state index in [1.807, 2.05) is 12.3 Å². The van der Waals surface area contributed by atoms with Crippen LogP contribution in [0.2, 0.25) is 0 Å². The van der Waals surface area contributed by atoms with Crippen LogP contribution in [0.4, 0.5) is 0 Å². The average Bonchev–Trinajstić information content (AvgIpc) is 2.80. The second-order valence-corrected chi connectivity index (χ2v) is 6.50. The Morgan fingerprint density at radius 1 is 1.00 bits per heavy atom. The SMILES string of the molecule is CC(C)(c1ccccn1)[C]1([Cr])C=Cc2ccccc21.Cl.Cl. The van der Waals surface area contributed by atoms with Crippen LogP contribution in [0.1, 0.15) is 30.7 Å². The number of fused-ring (bicyclic) bond motifs is 1. The van der Waals surface area contributed by atoms with Gasteiger partial charge in [0.05, 0.1) is 0 Å². The fourth-order valence-electron chi connectivity index (χ4n) is 2.75. The first-order valence-electron chi connectivity index (χ1n) is 6.46. The Balaban J connectivity index is 0.00000110. The molecule has 1 heterocycles. The molecule has 1 aliphatic carbocycles. The molecular formula is C17H18Cl2CrN. The van der Waals surface area contributed by atoms with Crippen LogP contribution >= 0.6 is 24.8 Å². The maximum Gasteiger partial charge on any atom is -0.147 e. The molecule has 0 N–H and O–H groups in total. The summed E-state index contributed by atoms with van der Waals surface area (Å²) in [6, 6.07) is 14.7. The topological polar surface area (TPSA) is 12.9 Å². The van der Waals surface area contributed by atoms with Gasteiger partial charge in [-0.1, -0.05) is 0 Å². The van der Waals surface area contributed by atoms with Crippen molar-refractivity contribution in [3.8, 4) is 0 Å². The zero-order chi connectivity index (χ0) is 13.5. The van der Waals surface area contributed by atoms with E-state index in [0.29, 0.717) is 0 Å². The Labute approximate surface area is 147 Å². The van der Waals surface area contributed by atoms with E-state index < -0.39 is 0 Å². The molecule has 1 nitrogen and oxygen atoms in total. The van der Waals surface area contributed by atoms with Crippen LogP contribution in [0.25, 0.3) is 6.08 Å². The van der Waals surface area contributed by atoms with E-state index in [0.717, 1.165) is 5.69 Å². The average molecular weight is 359 g/mol. The van der Waals surface area contributed by atoms with E-state index in [9.17, 15) is 0 Å². The van der Waals surface area contributed by atoms with Gasteiger partial charge >= 0.3 is 122 Å². The predicted molar refractivity (Wildman–Crippen MR) is 88.9 cm³/mol. The second-order valence-electron chi connectivity index (χ2n) is 5.50. The number of rotatable bonds is 2. The van der Waals surface area contributed by atoms with Crippen LogP contribution < -0.4 is 0 Å². The summed E-state index contributed by atoms with van der Waals surface area (Å²) in [5.74, 6) is 0. The van der Waals surface area contributed by atoms with Crippen molar-refractivity contribution >= 4 is 30.9 Å². The molecule has 0 spiro atoms. The molecule has 3 rings (SSSR count). The van der Waals surface area contributed by atoms with Gasteiger partial charge in [-0.15, -0.1) is 24.8 Å². The van der Waals surface area contributed by atoms with Gasteiger partial charge in [-0.2, -0.15) is 0 Å². The molecule has 1 aliphatic rings. The Bertz CT molecular complexity index is 640. The molecule has 0 amide bonds. The molecule has 1 aromatic heterocycles. The summed E-state index contributed by atoms with van der Waals surface area (Å²) in [6.07, 6.45) is 6.34. The van der Waals surface area contributed by atoms with Gasteiger partial charge in [0.25, 0.3) is 0 Å². The largest absolute Gasteiger partial charge is 0.147 e. The molecule has 1 unspecified atom stereocenters. The third-order valence-electron chi connectivity index (χ3n) is 4.09. The summed E-state index contributed by atoms with van der Waals surface area (Å²) in [5.41, 5.74) is 3.64. The molecule has 0 aliphatic heterocycles. The molecule has 4 heteroatoms. The molecule has 111 valence electrons. The minimum atomic E-state index is -0.141. The van der Waals surface area contributed by atoms with Crippen LogP contribution in [-0.2, 0) is 26.0 Å². The van der Waals surface area contributed by atoms with Crippen LogP contribution in [0.5, 0.6) is 0 Å². The van der Waals surface area contributed by atoms with E-state index in [2.05, 4.69) is 83.7 Å². The van der Waals surface area contributed by atoms with E-state index in [-0.39, 0.29) is 34.5 Å². The third kappa shape index (κ3) is 2.79. The number of hydrogen-bond acceptors (Lipinski definition) is 1. The van der Waals surface area contributed by atoms with Crippen molar-refractivity contribution in [3.63, 3.8) is 0 Å². The van der Waals surface area contributed by atoms with E-state index in [4.69, 9.17) is 0 Å². The van der Waals surface area contributed by atoms with Gasteiger partial charge in [-0.05, 0) is 0 Å². The van der Waals surface area contributed by atoms with Crippen LogP contribution in [0.15, 0.2) is 54.7 Å². The summed E-state index contributed by atoms with van der Waals surface area (Å²) < 4.78 is -0.141.